The lowest BCUT2D eigenvalue weighted by atomic mass is 10.1. The summed E-state index contributed by atoms with van der Waals surface area (Å²) in [5, 5.41) is 4.53. The molecule has 2 rings (SSSR count). The van der Waals surface area contributed by atoms with Gasteiger partial charge in [0.1, 0.15) is 0 Å². The predicted octanol–water partition coefficient (Wildman–Crippen LogP) is 3.43. The number of hydrogen-bond acceptors (Lipinski definition) is 4. The zero-order valence-corrected chi connectivity index (χ0v) is 12.2. The van der Waals surface area contributed by atoms with E-state index in [0.29, 0.717) is 23.2 Å². The zero-order valence-electron chi connectivity index (χ0n) is 9.86. The van der Waals surface area contributed by atoms with Crippen LogP contribution in [0.15, 0.2) is 27.2 Å². The molecule has 0 aliphatic heterocycles. The van der Waals surface area contributed by atoms with Crippen molar-refractivity contribution in [3.05, 3.63) is 33.5 Å². The molecule has 0 saturated carbocycles. The second kappa shape index (κ2) is 5.82. The maximum Gasteiger partial charge on any atom is 0.258 e. The van der Waals surface area contributed by atoms with Gasteiger partial charge >= 0.3 is 0 Å². The van der Waals surface area contributed by atoms with Crippen LogP contribution in [-0.4, -0.2) is 16.2 Å². The number of aromatic nitrogens is 2. The maximum atomic E-state index is 5.97. The minimum Gasteiger partial charge on any atom is -0.334 e. The van der Waals surface area contributed by atoms with Crippen LogP contribution in [0.3, 0.4) is 0 Å². The molecular weight excluding hydrogens is 318 g/mol. The molecule has 2 N–H and O–H groups in total. The van der Waals surface area contributed by atoms with Crippen molar-refractivity contribution in [2.24, 2.45) is 5.73 Å². The first-order valence-electron chi connectivity index (χ1n) is 5.63. The first-order chi connectivity index (χ1) is 8.58. The van der Waals surface area contributed by atoms with Gasteiger partial charge in [0.05, 0.1) is 0 Å². The van der Waals surface area contributed by atoms with E-state index in [4.69, 9.17) is 21.9 Å². The van der Waals surface area contributed by atoms with Crippen LogP contribution in [0.2, 0.25) is 5.02 Å². The summed E-state index contributed by atoms with van der Waals surface area (Å²) in [6, 6.07) is 5.52. The predicted molar refractivity (Wildman–Crippen MR) is 74.4 cm³/mol. The summed E-state index contributed by atoms with van der Waals surface area (Å²) in [5.74, 6) is 1.08. The summed E-state index contributed by atoms with van der Waals surface area (Å²) >= 11 is 9.35. The molecule has 1 unspecified atom stereocenters. The third-order valence-corrected chi connectivity index (χ3v) is 3.22. The van der Waals surface area contributed by atoms with Crippen LogP contribution in [0.4, 0.5) is 0 Å². The molecule has 1 atom stereocenters. The first-order valence-corrected chi connectivity index (χ1v) is 6.80. The summed E-state index contributed by atoms with van der Waals surface area (Å²) in [5.41, 5.74) is 6.64. The second-order valence-electron chi connectivity index (χ2n) is 4.05. The van der Waals surface area contributed by atoms with Gasteiger partial charge in [-0.25, -0.2) is 0 Å². The van der Waals surface area contributed by atoms with Crippen LogP contribution in [0.1, 0.15) is 19.2 Å². The summed E-state index contributed by atoms with van der Waals surface area (Å²) in [7, 11) is 0. The van der Waals surface area contributed by atoms with E-state index in [-0.39, 0.29) is 6.04 Å². The lowest BCUT2D eigenvalue weighted by molar-refractivity contribution is 0.419. The standard InChI is InChI=1S/C12H13BrClN3O/c1-2-10(15)6-11-16-12(18-17-11)7-3-8(13)5-9(14)4-7/h3-5,10H,2,6,15H2,1H3. The van der Waals surface area contributed by atoms with E-state index in [1.54, 1.807) is 12.1 Å². The van der Waals surface area contributed by atoms with Crippen LogP contribution in [-0.2, 0) is 6.42 Å². The number of rotatable bonds is 4. The summed E-state index contributed by atoms with van der Waals surface area (Å²) in [6.07, 6.45) is 1.49. The lowest BCUT2D eigenvalue weighted by Crippen LogP contribution is -2.21. The third kappa shape index (κ3) is 3.31. The largest absolute Gasteiger partial charge is 0.334 e. The molecule has 0 saturated heterocycles. The Hall–Kier alpha value is -0.910. The van der Waals surface area contributed by atoms with E-state index in [9.17, 15) is 0 Å². The quantitative estimate of drug-likeness (QED) is 0.932. The highest BCUT2D eigenvalue weighted by Crippen LogP contribution is 2.26. The van der Waals surface area contributed by atoms with Crippen molar-refractivity contribution in [2.75, 3.05) is 0 Å². The highest BCUT2D eigenvalue weighted by molar-refractivity contribution is 9.10. The molecule has 0 bridgehead atoms. The number of nitrogens with two attached hydrogens (primary N) is 1. The molecule has 0 spiro atoms. The Bertz CT molecular complexity index is 524. The van der Waals surface area contributed by atoms with Crippen molar-refractivity contribution in [1.29, 1.82) is 0 Å². The van der Waals surface area contributed by atoms with Crippen LogP contribution in [0.5, 0.6) is 0 Å². The van der Waals surface area contributed by atoms with Crippen molar-refractivity contribution in [3.8, 4) is 11.5 Å². The minimum absolute atomic E-state index is 0.0570. The molecule has 0 fully saturated rings. The topological polar surface area (TPSA) is 64.9 Å². The van der Waals surface area contributed by atoms with Gasteiger partial charge < -0.3 is 10.3 Å². The lowest BCUT2D eigenvalue weighted by Gasteiger charge is -2.02. The molecule has 0 aliphatic rings. The van der Waals surface area contributed by atoms with Crippen LogP contribution in [0.25, 0.3) is 11.5 Å². The molecule has 0 aliphatic carbocycles. The van der Waals surface area contributed by atoms with Gasteiger partial charge in [-0.15, -0.1) is 0 Å². The number of hydrogen-bond donors (Lipinski definition) is 1. The van der Waals surface area contributed by atoms with Crippen molar-refractivity contribution in [3.63, 3.8) is 0 Å². The summed E-state index contributed by atoms with van der Waals surface area (Å²) in [4.78, 5) is 4.31. The first kappa shape index (κ1) is 13.5. The molecule has 96 valence electrons. The Labute approximate surface area is 119 Å². The fourth-order valence-corrected chi connectivity index (χ4v) is 2.37. The second-order valence-corrected chi connectivity index (χ2v) is 5.40. The Morgan fingerprint density at radius 1 is 1.44 bits per heavy atom. The van der Waals surface area contributed by atoms with E-state index in [2.05, 4.69) is 26.1 Å². The van der Waals surface area contributed by atoms with Crippen molar-refractivity contribution in [1.82, 2.24) is 10.1 Å². The van der Waals surface area contributed by atoms with Gasteiger partial charge in [-0.2, -0.15) is 4.98 Å². The van der Waals surface area contributed by atoms with Gasteiger partial charge in [0.25, 0.3) is 5.89 Å². The van der Waals surface area contributed by atoms with Gasteiger partial charge in [0, 0.05) is 27.5 Å². The van der Waals surface area contributed by atoms with E-state index in [1.165, 1.54) is 0 Å². The van der Waals surface area contributed by atoms with Gasteiger partial charge in [0.15, 0.2) is 5.82 Å². The van der Waals surface area contributed by atoms with Gasteiger partial charge in [-0.3, -0.25) is 0 Å². The molecule has 2 aromatic rings. The molecule has 6 heteroatoms. The number of halogens is 2. The SMILES string of the molecule is CCC(N)Cc1noc(-c2cc(Cl)cc(Br)c2)n1. The Morgan fingerprint density at radius 3 is 2.89 bits per heavy atom. The van der Waals surface area contributed by atoms with Crippen LogP contribution < -0.4 is 5.73 Å². The van der Waals surface area contributed by atoms with Crippen molar-refractivity contribution in [2.45, 2.75) is 25.8 Å². The molecule has 0 amide bonds. The zero-order chi connectivity index (χ0) is 13.1. The number of nitrogens with zero attached hydrogens (tertiary/aromatic N) is 2. The Kier molecular flexibility index (Phi) is 4.37. The summed E-state index contributed by atoms with van der Waals surface area (Å²) in [6.45, 7) is 2.03. The van der Waals surface area contributed by atoms with Crippen LogP contribution in [0, 0.1) is 0 Å². The highest BCUT2D eigenvalue weighted by Gasteiger charge is 2.12. The Morgan fingerprint density at radius 2 is 2.22 bits per heavy atom. The van der Waals surface area contributed by atoms with Gasteiger partial charge in [-0.05, 0) is 24.6 Å². The molecule has 1 heterocycles. The fraction of sp³-hybridized carbons (Fsp3) is 0.333. The Balaban J connectivity index is 2.23. The average molecular weight is 331 g/mol. The fourth-order valence-electron chi connectivity index (χ4n) is 1.51. The highest BCUT2D eigenvalue weighted by atomic mass is 79.9. The molecular formula is C12H13BrClN3O. The number of benzene rings is 1. The monoisotopic (exact) mass is 329 g/mol. The maximum absolute atomic E-state index is 5.97. The summed E-state index contributed by atoms with van der Waals surface area (Å²) < 4.78 is 6.08. The van der Waals surface area contributed by atoms with Crippen molar-refractivity contribution >= 4 is 27.5 Å². The molecule has 1 aromatic heterocycles. The molecule has 0 radical (unpaired) electrons. The van der Waals surface area contributed by atoms with E-state index in [1.807, 2.05) is 13.0 Å². The minimum atomic E-state index is 0.0570. The van der Waals surface area contributed by atoms with E-state index >= 15 is 0 Å². The third-order valence-electron chi connectivity index (χ3n) is 2.55. The molecule has 18 heavy (non-hydrogen) atoms. The van der Waals surface area contributed by atoms with Gasteiger partial charge in [-0.1, -0.05) is 39.6 Å². The van der Waals surface area contributed by atoms with Crippen LogP contribution >= 0.6 is 27.5 Å². The van der Waals surface area contributed by atoms with Gasteiger partial charge in [0.2, 0.25) is 0 Å². The molecule has 1 aromatic carbocycles. The normalized spacial score (nSPS) is 12.7. The average Bonchev–Trinajstić information content (AvgIpc) is 2.76. The van der Waals surface area contributed by atoms with Crippen molar-refractivity contribution < 1.29 is 4.52 Å². The smallest absolute Gasteiger partial charge is 0.258 e. The molecule has 4 nitrogen and oxygen atoms in total. The van der Waals surface area contributed by atoms with E-state index in [0.717, 1.165) is 16.5 Å². The van der Waals surface area contributed by atoms with E-state index < -0.39 is 0 Å².